The number of piperidine rings is 1. The van der Waals surface area contributed by atoms with Crippen molar-refractivity contribution in [3.05, 3.63) is 29.8 Å². The molecule has 0 aliphatic carbocycles. The number of rotatable bonds is 8. The molecule has 0 unspecified atom stereocenters. The first-order valence-corrected chi connectivity index (χ1v) is 9.75. The van der Waals surface area contributed by atoms with E-state index in [1.807, 2.05) is 6.92 Å². The first-order chi connectivity index (χ1) is 13.2. The first kappa shape index (κ1) is 21.0. The van der Waals surface area contributed by atoms with Gasteiger partial charge in [-0.2, -0.15) is 0 Å². The van der Waals surface area contributed by atoms with Gasteiger partial charge in [0.05, 0.1) is 19.8 Å². The van der Waals surface area contributed by atoms with Crippen molar-refractivity contribution in [3.63, 3.8) is 0 Å². The molecule has 2 N–H and O–H groups in total. The third kappa shape index (κ3) is 6.75. The average Bonchev–Trinajstić information content (AvgIpc) is 2.71. The molecule has 1 aliphatic heterocycles. The summed E-state index contributed by atoms with van der Waals surface area (Å²) in [4.78, 5) is 19.1. The zero-order valence-electron chi connectivity index (χ0n) is 16.7. The van der Waals surface area contributed by atoms with Crippen LogP contribution in [0, 0.1) is 0 Å². The zero-order chi connectivity index (χ0) is 19.5. The molecule has 1 fully saturated rings. The number of likely N-dealkylation sites (tertiary alicyclic amines) is 1. The predicted octanol–water partition coefficient (Wildman–Crippen LogP) is 1.89. The number of carbonyl (C=O) groups is 1. The molecule has 0 atom stereocenters. The smallest absolute Gasteiger partial charge is 0.251 e. The molecule has 1 amide bonds. The molecule has 1 aromatic carbocycles. The highest BCUT2D eigenvalue weighted by Crippen LogP contribution is 2.14. The van der Waals surface area contributed by atoms with Gasteiger partial charge in [0.1, 0.15) is 5.75 Å². The van der Waals surface area contributed by atoms with Crippen molar-refractivity contribution >= 4 is 11.9 Å². The Kier molecular flexibility index (Phi) is 8.91. The van der Waals surface area contributed by atoms with E-state index in [9.17, 15) is 4.79 Å². The van der Waals surface area contributed by atoms with Crippen LogP contribution in [-0.2, 0) is 4.74 Å². The summed E-state index contributed by atoms with van der Waals surface area (Å²) in [6.45, 7) is 8.61. The third-order valence-electron chi connectivity index (χ3n) is 4.49. The van der Waals surface area contributed by atoms with Crippen molar-refractivity contribution in [2.24, 2.45) is 4.99 Å². The number of nitrogens with one attached hydrogen (secondary N) is 2. The van der Waals surface area contributed by atoms with E-state index in [2.05, 4.69) is 27.4 Å². The van der Waals surface area contributed by atoms with E-state index in [0.717, 1.165) is 50.8 Å². The number of ether oxygens (including phenoxy) is 2. The summed E-state index contributed by atoms with van der Waals surface area (Å²) in [5.74, 6) is 1.54. The van der Waals surface area contributed by atoms with Crippen LogP contribution in [0.1, 0.15) is 37.0 Å². The number of hydrogen-bond donors (Lipinski definition) is 2. The minimum Gasteiger partial charge on any atom is -0.497 e. The van der Waals surface area contributed by atoms with Gasteiger partial charge in [-0.1, -0.05) is 0 Å². The number of benzene rings is 1. The van der Waals surface area contributed by atoms with Crippen molar-refractivity contribution in [1.29, 1.82) is 0 Å². The fraction of sp³-hybridized carbons (Fsp3) is 0.600. The Hall–Kier alpha value is -2.28. The van der Waals surface area contributed by atoms with E-state index < -0.39 is 0 Å². The standard InChI is InChI=1S/C20H32N4O3/c1-4-21-20(24-14-10-18(11-15-24)27-5-2)23-13-12-22-19(25)16-6-8-17(26-3)9-7-16/h6-9,18H,4-5,10-15H2,1-3H3,(H,21,23)(H,22,25). The van der Waals surface area contributed by atoms with Gasteiger partial charge < -0.3 is 25.0 Å². The lowest BCUT2D eigenvalue weighted by atomic mass is 10.1. The summed E-state index contributed by atoms with van der Waals surface area (Å²) in [5, 5.41) is 6.25. The Morgan fingerprint density at radius 3 is 2.48 bits per heavy atom. The monoisotopic (exact) mass is 376 g/mol. The average molecular weight is 377 g/mol. The maximum atomic E-state index is 12.2. The number of hydrogen-bond acceptors (Lipinski definition) is 4. The van der Waals surface area contributed by atoms with Gasteiger partial charge in [-0.3, -0.25) is 9.79 Å². The normalized spacial score (nSPS) is 15.5. The molecule has 1 aromatic rings. The molecule has 1 heterocycles. The fourth-order valence-electron chi connectivity index (χ4n) is 3.07. The van der Waals surface area contributed by atoms with Crippen LogP contribution in [0.15, 0.2) is 29.3 Å². The van der Waals surface area contributed by atoms with Crippen molar-refractivity contribution in [1.82, 2.24) is 15.5 Å². The molecule has 27 heavy (non-hydrogen) atoms. The van der Waals surface area contributed by atoms with Crippen LogP contribution in [0.25, 0.3) is 0 Å². The van der Waals surface area contributed by atoms with E-state index in [1.54, 1.807) is 31.4 Å². The van der Waals surface area contributed by atoms with Gasteiger partial charge in [0.15, 0.2) is 5.96 Å². The quantitative estimate of drug-likeness (QED) is 0.412. The van der Waals surface area contributed by atoms with E-state index in [-0.39, 0.29) is 5.91 Å². The van der Waals surface area contributed by atoms with Crippen LogP contribution < -0.4 is 15.4 Å². The number of guanidine groups is 1. The van der Waals surface area contributed by atoms with Crippen LogP contribution in [0.5, 0.6) is 5.75 Å². The Balaban J connectivity index is 1.79. The van der Waals surface area contributed by atoms with Gasteiger partial charge in [-0.25, -0.2) is 0 Å². The molecule has 2 rings (SSSR count). The van der Waals surface area contributed by atoms with Crippen molar-refractivity contribution in [3.8, 4) is 5.75 Å². The van der Waals surface area contributed by atoms with E-state index in [0.29, 0.717) is 24.8 Å². The van der Waals surface area contributed by atoms with Crippen LogP contribution in [-0.4, -0.2) is 69.3 Å². The lowest BCUT2D eigenvalue weighted by Crippen LogP contribution is -2.47. The molecule has 1 aliphatic rings. The highest BCUT2D eigenvalue weighted by atomic mass is 16.5. The molecule has 7 nitrogen and oxygen atoms in total. The van der Waals surface area contributed by atoms with Gasteiger partial charge in [0.25, 0.3) is 5.91 Å². The Labute approximate surface area is 162 Å². The lowest BCUT2D eigenvalue weighted by molar-refractivity contribution is 0.0264. The summed E-state index contributed by atoms with van der Waals surface area (Å²) in [6, 6.07) is 7.07. The zero-order valence-corrected chi connectivity index (χ0v) is 16.7. The molecule has 150 valence electrons. The third-order valence-corrected chi connectivity index (χ3v) is 4.49. The summed E-state index contributed by atoms with van der Waals surface area (Å²) in [5.41, 5.74) is 0.615. The minimum absolute atomic E-state index is 0.101. The van der Waals surface area contributed by atoms with Gasteiger partial charge in [-0.15, -0.1) is 0 Å². The summed E-state index contributed by atoms with van der Waals surface area (Å²) in [6.07, 6.45) is 2.40. The van der Waals surface area contributed by atoms with Crippen LogP contribution >= 0.6 is 0 Å². The van der Waals surface area contributed by atoms with E-state index >= 15 is 0 Å². The Morgan fingerprint density at radius 2 is 1.89 bits per heavy atom. The number of methoxy groups -OCH3 is 1. The number of nitrogens with zero attached hydrogens (tertiary/aromatic N) is 2. The second-order valence-electron chi connectivity index (χ2n) is 6.36. The Bertz CT molecular complexity index is 596. The Morgan fingerprint density at radius 1 is 1.19 bits per heavy atom. The molecule has 7 heteroatoms. The maximum absolute atomic E-state index is 12.2. The van der Waals surface area contributed by atoms with Crippen molar-refractivity contribution in [2.75, 3.05) is 46.4 Å². The summed E-state index contributed by atoms with van der Waals surface area (Å²) < 4.78 is 10.8. The molecule has 0 aromatic heterocycles. The number of aliphatic imine (C=N–C) groups is 1. The van der Waals surface area contributed by atoms with E-state index in [4.69, 9.17) is 9.47 Å². The lowest BCUT2D eigenvalue weighted by Gasteiger charge is -2.34. The minimum atomic E-state index is -0.101. The molecular formula is C20H32N4O3. The molecule has 0 spiro atoms. The molecule has 0 bridgehead atoms. The SMILES string of the molecule is CCNC(=NCCNC(=O)c1ccc(OC)cc1)N1CCC(OCC)CC1. The number of amides is 1. The summed E-state index contributed by atoms with van der Waals surface area (Å²) >= 11 is 0. The first-order valence-electron chi connectivity index (χ1n) is 9.75. The number of carbonyl (C=O) groups excluding carboxylic acids is 1. The maximum Gasteiger partial charge on any atom is 0.251 e. The highest BCUT2D eigenvalue weighted by molar-refractivity contribution is 5.94. The topological polar surface area (TPSA) is 75.2 Å². The second kappa shape index (κ2) is 11.4. The van der Waals surface area contributed by atoms with Crippen molar-refractivity contribution < 1.29 is 14.3 Å². The van der Waals surface area contributed by atoms with Crippen LogP contribution in [0.3, 0.4) is 0 Å². The second-order valence-corrected chi connectivity index (χ2v) is 6.36. The molecular weight excluding hydrogens is 344 g/mol. The largest absolute Gasteiger partial charge is 0.497 e. The highest BCUT2D eigenvalue weighted by Gasteiger charge is 2.21. The van der Waals surface area contributed by atoms with Gasteiger partial charge in [0.2, 0.25) is 0 Å². The van der Waals surface area contributed by atoms with Gasteiger partial charge in [-0.05, 0) is 51.0 Å². The van der Waals surface area contributed by atoms with Crippen LogP contribution in [0.2, 0.25) is 0 Å². The molecule has 0 radical (unpaired) electrons. The van der Waals surface area contributed by atoms with Crippen molar-refractivity contribution in [2.45, 2.75) is 32.8 Å². The van der Waals surface area contributed by atoms with Gasteiger partial charge >= 0.3 is 0 Å². The van der Waals surface area contributed by atoms with Gasteiger partial charge in [0, 0.05) is 38.3 Å². The van der Waals surface area contributed by atoms with Crippen LogP contribution in [0.4, 0.5) is 0 Å². The molecule has 0 saturated carbocycles. The summed E-state index contributed by atoms with van der Waals surface area (Å²) in [7, 11) is 1.61. The van der Waals surface area contributed by atoms with E-state index in [1.165, 1.54) is 0 Å². The predicted molar refractivity (Wildman–Crippen MR) is 108 cm³/mol. The fourth-order valence-corrected chi connectivity index (χ4v) is 3.07. The molecule has 1 saturated heterocycles.